The Kier molecular flexibility index (Phi) is 47.4. The van der Waals surface area contributed by atoms with Crippen LogP contribution in [0.2, 0.25) is 0 Å². The van der Waals surface area contributed by atoms with E-state index in [9.17, 15) is 45.6 Å². The molecule has 2 aliphatic heterocycles. The van der Waals surface area contributed by atoms with Crippen molar-refractivity contribution in [1.82, 2.24) is 5.32 Å². The maximum atomic E-state index is 13.3. The molecule has 0 saturated carbocycles. The second-order valence-corrected chi connectivity index (χ2v) is 22.1. The molecule has 0 spiro atoms. The Morgan fingerprint density at radius 3 is 1.34 bits per heavy atom. The van der Waals surface area contributed by atoms with Gasteiger partial charge in [0.05, 0.1) is 32.0 Å². The number of rotatable bonds is 50. The molecule has 0 aromatic carbocycles. The van der Waals surface area contributed by atoms with Crippen LogP contribution < -0.4 is 5.32 Å². The molecular formula is C68H115NO13. The highest BCUT2D eigenvalue weighted by atomic mass is 16.7. The Bertz CT molecular complexity index is 1790. The number of carbonyl (C=O) groups is 1. The molecule has 2 aliphatic rings. The fraction of sp³-hybridized carbons (Fsp3) is 0.721. The standard InChI is InChI=1S/C68H115NO13/c1-3-5-7-9-11-13-15-17-19-21-23-25-26-27-28-29-30-32-34-36-38-40-42-44-46-48-50-52-60(73)69-56(57(72)51-49-47-45-43-41-39-37-35-33-31-24-22-20-18-16-14-12-10-8-6-4-2)55-79-67-65(78)63(76)66(59(54-71)81-67)82-68-64(77)62(75)61(74)58(53-70)80-68/h5,7,11,13,17,19,23,25,27-28,30,32,36,38,41,43,49,51,56-59,61-68,70-72,74-78H,3-4,6,8-10,12,14-16,18,20-22,24,26,29,31,33-35,37,39-40,42,44-48,50,52-55H2,1-2H3,(H,69,73)/b7-5-,13-11-,19-17-,25-23-,28-27-,32-30-,38-36-,43-41+,51-49+. The lowest BCUT2D eigenvalue weighted by atomic mass is 9.97. The van der Waals surface area contributed by atoms with Crippen molar-refractivity contribution in [2.45, 2.75) is 293 Å². The normalized spacial score (nSPS) is 24.7. The van der Waals surface area contributed by atoms with Gasteiger partial charge in [-0.05, 0) is 89.9 Å². The molecule has 2 saturated heterocycles. The fourth-order valence-corrected chi connectivity index (χ4v) is 9.82. The summed E-state index contributed by atoms with van der Waals surface area (Å²) in [6.45, 7) is 2.65. The van der Waals surface area contributed by atoms with Gasteiger partial charge in [0.15, 0.2) is 12.6 Å². The number of amides is 1. The van der Waals surface area contributed by atoms with Crippen molar-refractivity contribution in [2.24, 2.45) is 0 Å². The number of ether oxygens (including phenoxy) is 4. The third kappa shape index (κ3) is 36.5. The van der Waals surface area contributed by atoms with Crippen molar-refractivity contribution in [3.8, 4) is 0 Å². The van der Waals surface area contributed by atoms with Gasteiger partial charge in [0.1, 0.15) is 48.8 Å². The number of allylic oxidation sites excluding steroid dienone is 17. The SMILES string of the molecule is CC/C=C\C/C=C\C/C=C\C/C=C\C/C=C\C/C=C\C/C=C\CCCCCCCC(=O)NC(COC1OC(CO)C(OC2OC(CO)C(O)C(O)C2O)C(O)C1O)C(O)/C=C/CC/C=C/CCCCCCCCCCCCCCCCC. The van der Waals surface area contributed by atoms with E-state index in [1.54, 1.807) is 6.08 Å². The van der Waals surface area contributed by atoms with Gasteiger partial charge in [-0.15, -0.1) is 0 Å². The molecule has 14 heteroatoms. The van der Waals surface area contributed by atoms with Crippen LogP contribution in [-0.2, 0) is 23.7 Å². The number of unbranched alkanes of at least 4 members (excludes halogenated alkanes) is 21. The molecule has 2 fully saturated rings. The molecule has 0 aromatic rings. The molecule has 2 heterocycles. The minimum Gasteiger partial charge on any atom is -0.394 e. The number of hydrogen-bond donors (Lipinski definition) is 9. The van der Waals surface area contributed by atoms with E-state index in [4.69, 9.17) is 18.9 Å². The minimum absolute atomic E-state index is 0.244. The molecule has 9 N–H and O–H groups in total. The van der Waals surface area contributed by atoms with E-state index in [1.165, 1.54) is 96.3 Å². The second-order valence-electron chi connectivity index (χ2n) is 22.1. The molecule has 0 radical (unpaired) electrons. The van der Waals surface area contributed by atoms with Crippen molar-refractivity contribution >= 4 is 5.91 Å². The molecule has 1 amide bonds. The van der Waals surface area contributed by atoms with Gasteiger partial charge in [-0.2, -0.15) is 0 Å². The molecule has 82 heavy (non-hydrogen) atoms. The monoisotopic (exact) mass is 1150 g/mol. The van der Waals surface area contributed by atoms with Crippen LogP contribution in [0.25, 0.3) is 0 Å². The van der Waals surface area contributed by atoms with Crippen molar-refractivity contribution in [3.05, 3.63) is 109 Å². The van der Waals surface area contributed by atoms with Crippen LogP contribution in [0.15, 0.2) is 109 Å². The van der Waals surface area contributed by atoms with E-state index in [0.717, 1.165) is 89.9 Å². The van der Waals surface area contributed by atoms with Crippen LogP contribution in [0, 0.1) is 0 Å². The Balaban J connectivity index is 1.77. The van der Waals surface area contributed by atoms with Gasteiger partial charge < -0.3 is 65.1 Å². The van der Waals surface area contributed by atoms with Gasteiger partial charge >= 0.3 is 0 Å². The van der Waals surface area contributed by atoms with Crippen LogP contribution in [0.5, 0.6) is 0 Å². The van der Waals surface area contributed by atoms with Crippen LogP contribution in [0.3, 0.4) is 0 Å². The maximum Gasteiger partial charge on any atom is 0.220 e. The zero-order chi connectivity index (χ0) is 59.5. The van der Waals surface area contributed by atoms with Crippen LogP contribution in [-0.4, -0.2) is 140 Å². The van der Waals surface area contributed by atoms with Crippen molar-refractivity contribution in [3.63, 3.8) is 0 Å². The largest absolute Gasteiger partial charge is 0.394 e. The average Bonchev–Trinajstić information content (AvgIpc) is 3.67. The summed E-state index contributed by atoms with van der Waals surface area (Å²) in [6.07, 6.45) is 56.9. The zero-order valence-corrected chi connectivity index (χ0v) is 50.7. The summed E-state index contributed by atoms with van der Waals surface area (Å²) in [6, 6.07) is -0.951. The summed E-state index contributed by atoms with van der Waals surface area (Å²) >= 11 is 0. The zero-order valence-electron chi connectivity index (χ0n) is 50.7. The van der Waals surface area contributed by atoms with Crippen LogP contribution >= 0.6 is 0 Å². The molecule has 470 valence electrons. The molecular weight excluding hydrogens is 1040 g/mol. The molecule has 12 unspecified atom stereocenters. The third-order valence-corrected chi connectivity index (χ3v) is 14.9. The van der Waals surface area contributed by atoms with Crippen LogP contribution in [0.1, 0.15) is 219 Å². The Hall–Kier alpha value is -3.35. The molecule has 0 aliphatic carbocycles. The maximum absolute atomic E-state index is 13.3. The topological polar surface area (TPSA) is 228 Å². The third-order valence-electron chi connectivity index (χ3n) is 14.9. The molecule has 14 nitrogen and oxygen atoms in total. The summed E-state index contributed by atoms with van der Waals surface area (Å²) in [7, 11) is 0. The number of nitrogens with one attached hydrogen (secondary N) is 1. The first kappa shape index (κ1) is 74.7. The quantitative estimate of drug-likeness (QED) is 0.0204. The lowest BCUT2D eigenvalue weighted by Gasteiger charge is -2.46. The predicted octanol–water partition coefficient (Wildman–Crippen LogP) is 12.0. The van der Waals surface area contributed by atoms with E-state index in [1.807, 2.05) is 6.08 Å². The first-order valence-electron chi connectivity index (χ1n) is 32.1. The van der Waals surface area contributed by atoms with E-state index in [0.29, 0.717) is 12.8 Å². The first-order chi connectivity index (χ1) is 40.1. The smallest absolute Gasteiger partial charge is 0.220 e. The van der Waals surface area contributed by atoms with Gasteiger partial charge in [-0.3, -0.25) is 4.79 Å². The molecule has 0 bridgehead atoms. The van der Waals surface area contributed by atoms with Gasteiger partial charge in [-0.25, -0.2) is 0 Å². The van der Waals surface area contributed by atoms with Crippen molar-refractivity contribution < 1.29 is 64.6 Å². The van der Waals surface area contributed by atoms with E-state index in [-0.39, 0.29) is 18.9 Å². The predicted molar refractivity (Wildman–Crippen MR) is 332 cm³/mol. The number of aliphatic hydroxyl groups is 8. The molecule has 12 atom stereocenters. The summed E-state index contributed by atoms with van der Waals surface area (Å²) in [4.78, 5) is 13.3. The number of aliphatic hydroxyl groups excluding tert-OH is 8. The Labute approximate surface area is 495 Å². The van der Waals surface area contributed by atoms with Crippen molar-refractivity contribution in [2.75, 3.05) is 19.8 Å². The van der Waals surface area contributed by atoms with E-state index < -0.39 is 86.8 Å². The van der Waals surface area contributed by atoms with Crippen LogP contribution in [0.4, 0.5) is 0 Å². The lowest BCUT2D eigenvalue weighted by Crippen LogP contribution is -2.65. The van der Waals surface area contributed by atoms with Crippen molar-refractivity contribution in [1.29, 1.82) is 0 Å². The molecule has 2 rings (SSSR count). The number of carbonyl (C=O) groups excluding carboxylic acids is 1. The minimum atomic E-state index is -1.80. The lowest BCUT2D eigenvalue weighted by molar-refractivity contribution is -0.359. The highest BCUT2D eigenvalue weighted by molar-refractivity contribution is 5.76. The number of hydrogen-bond acceptors (Lipinski definition) is 13. The average molecular weight is 1150 g/mol. The Morgan fingerprint density at radius 1 is 0.451 bits per heavy atom. The van der Waals surface area contributed by atoms with Gasteiger partial charge in [0.2, 0.25) is 5.91 Å². The summed E-state index contributed by atoms with van der Waals surface area (Å²) < 4.78 is 22.8. The summed E-state index contributed by atoms with van der Waals surface area (Å²) in [5.41, 5.74) is 0. The highest BCUT2D eigenvalue weighted by Gasteiger charge is 2.51. The van der Waals surface area contributed by atoms with Gasteiger partial charge in [-0.1, -0.05) is 232 Å². The summed E-state index contributed by atoms with van der Waals surface area (Å²) in [5.74, 6) is -0.272. The fourth-order valence-electron chi connectivity index (χ4n) is 9.82. The Morgan fingerprint density at radius 2 is 0.854 bits per heavy atom. The molecule has 0 aromatic heterocycles. The second kappa shape index (κ2) is 52.0. The first-order valence-corrected chi connectivity index (χ1v) is 32.1. The summed E-state index contributed by atoms with van der Waals surface area (Å²) in [5, 5.41) is 87.2. The van der Waals surface area contributed by atoms with E-state index >= 15 is 0 Å². The van der Waals surface area contributed by atoms with Gasteiger partial charge in [0, 0.05) is 6.42 Å². The van der Waals surface area contributed by atoms with Gasteiger partial charge in [0.25, 0.3) is 0 Å². The highest BCUT2D eigenvalue weighted by Crippen LogP contribution is 2.30. The van der Waals surface area contributed by atoms with E-state index in [2.05, 4.69) is 116 Å².